The van der Waals surface area contributed by atoms with Crippen LogP contribution < -0.4 is 21.1 Å². The Morgan fingerprint density at radius 2 is 2.09 bits per heavy atom. The van der Waals surface area contributed by atoms with Gasteiger partial charge in [-0.05, 0) is 62.5 Å². The summed E-state index contributed by atoms with van der Waals surface area (Å²) in [6.45, 7) is 3.20. The van der Waals surface area contributed by atoms with Crippen LogP contribution in [0.2, 0.25) is 0 Å². The van der Waals surface area contributed by atoms with Crippen molar-refractivity contribution in [1.29, 1.82) is 0 Å². The van der Waals surface area contributed by atoms with E-state index in [0.29, 0.717) is 30.3 Å². The summed E-state index contributed by atoms with van der Waals surface area (Å²) in [5.41, 5.74) is 5.60. The summed E-state index contributed by atoms with van der Waals surface area (Å²) in [6, 6.07) is 6.56. The molecule has 1 unspecified atom stereocenters. The molecule has 1 atom stereocenters. The van der Waals surface area contributed by atoms with Crippen molar-refractivity contribution in [3.63, 3.8) is 0 Å². The van der Waals surface area contributed by atoms with Crippen LogP contribution >= 0.6 is 0 Å². The normalized spacial score (nSPS) is 17.5. The van der Waals surface area contributed by atoms with Crippen molar-refractivity contribution in [2.75, 3.05) is 26.2 Å². The predicted molar refractivity (Wildman–Crippen MR) is 88.3 cm³/mol. The molecule has 1 saturated heterocycles. The number of ether oxygens (including phenoxy) is 1. The van der Waals surface area contributed by atoms with Crippen LogP contribution in [0, 0.1) is 5.92 Å². The van der Waals surface area contributed by atoms with E-state index >= 15 is 0 Å². The first kappa shape index (κ1) is 17.3. The minimum Gasteiger partial charge on any atom is -0.493 e. The molecule has 0 spiro atoms. The number of benzene rings is 1. The van der Waals surface area contributed by atoms with Crippen molar-refractivity contribution >= 4 is 11.8 Å². The predicted octanol–water partition coefficient (Wildman–Crippen LogP) is 1.06. The molecule has 1 aromatic rings. The molecule has 23 heavy (non-hydrogen) atoms. The van der Waals surface area contributed by atoms with Crippen LogP contribution in [0.1, 0.15) is 36.0 Å². The molecule has 4 N–H and O–H groups in total. The second-order valence-corrected chi connectivity index (χ2v) is 5.84. The maximum Gasteiger partial charge on any atom is 0.248 e. The van der Waals surface area contributed by atoms with E-state index < -0.39 is 5.91 Å². The second kappa shape index (κ2) is 9.15. The number of amides is 2. The third-order valence-corrected chi connectivity index (χ3v) is 4.01. The Bertz CT molecular complexity index is 510. The summed E-state index contributed by atoms with van der Waals surface area (Å²) < 4.78 is 5.48. The zero-order valence-corrected chi connectivity index (χ0v) is 13.3. The molecular weight excluding hydrogens is 294 g/mol. The van der Waals surface area contributed by atoms with Crippen LogP contribution in [0.5, 0.6) is 5.75 Å². The summed E-state index contributed by atoms with van der Waals surface area (Å²) >= 11 is 0. The molecule has 2 rings (SSSR count). The van der Waals surface area contributed by atoms with Gasteiger partial charge >= 0.3 is 0 Å². The fourth-order valence-corrected chi connectivity index (χ4v) is 2.65. The minimum absolute atomic E-state index is 0.00234. The molecule has 1 fully saturated rings. The molecule has 1 aliphatic rings. The highest BCUT2D eigenvalue weighted by atomic mass is 16.5. The smallest absolute Gasteiger partial charge is 0.248 e. The first-order valence-corrected chi connectivity index (χ1v) is 8.15. The third kappa shape index (κ3) is 6.28. The van der Waals surface area contributed by atoms with E-state index in [-0.39, 0.29) is 5.91 Å². The van der Waals surface area contributed by atoms with Crippen LogP contribution in [-0.4, -0.2) is 38.1 Å². The maximum absolute atomic E-state index is 11.8. The van der Waals surface area contributed by atoms with Crippen LogP contribution in [0.25, 0.3) is 0 Å². The van der Waals surface area contributed by atoms with Gasteiger partial charge in [0.1, 0.15) is 5.75 Å². The molecule has 0 saturated carbocycles. The third-order valence-electron chi connectivity index (χ3n) is 4.01. The Balaban J connectivity index is 1.58. The number of piperidine rings is 1. The molecule has 0 radical (unpaired) electrons. The van der Waals surface area contributed by atoms with Crippen molar-refractivity contribution in [1.82, 2.24) is 10.6 Å². The van der Waals surface area contributed by atoms with Crippen molar-refractivity contribution in [3.8, 4) is 5.75 Å². The average Bonchev–Trinajstić information content (AvgIpc) is 2.56. The summed E-state index contributed by atoms with van der Waals surface area (Å²) in [7, 11) is 0. The van der Waals surface area contributed by atoms with Gasteiger partial charge in [0.15, 0.2) is 0 Å². The Labute approximate surface area is 136 Å². The van der Waals surface area contributed by atoms with E-state index in [0.717, 1.165) is 26.1 Å². The number of hydrogen-bond donors (Lipinski definition) is 3. The van der Waals surface area contributed by atoms with Gasteiger partial charge in [-0.1, -0.05) is 0 Å². The second-order valence-electron chi connectivity index (χ2n) is 5.84. The molecule has 6 heteroatoms. The van der Waals surface area contributed by atoms with Crippen molar-refractivity contribution in [2.45, 2.75) is 25.7 Å². The number of carbonyl (C=O) groups is 2. The van der Waals surface area contributed by atoms with E-state index in [1.165, 1.54) is 12.8 Å². The molecular formula is C17H25N3O3. The Kier molecular flexibility index (Phi) is 6.87. The number of carbonyl (C=O) groups excluding carboxylic acids is 2. The number of nitrogens with two attached hydrogens (primary N) is 1. The van der Waals surface area contributed by atoms with E-state index in [4.69, 9.17) is 10.5 Å². The lowest BCUT2D eigenvalue weighted by atomic mass is 9.96. The Morgan fingerprint density at radius 1 is 1.30 bits per heavy atom. The van der Waals surface area contributed by atoms with Crippen LogP contribution in [0.15, 0.2) is 24.3 Å². The number of hydrogen-bond acceptors (Lipinski definition) is 4. The van der Waals surface area contributed by atoms with Gasteiger partial charge in [0.05, 0.1) is 13.0 Å². The molecule has 126 valence electrons. The Hall–Kier alpha value is -2.08. The molecule has 0 aliphatic carbocycles. The molecule has 6 nitrogen and oxygen atoms in total. The van der Waals surface area contributed by atoms with E-state index in [1.807, 2.05) is 0 Å². The van der Waals surface area contributed by atoms with Crippen molar-refractivity contribution in [2.24, 2.45) is 11.7 Å². The number of primary amides is 1. The zero-order chi connectivity index (χ0) is 16.5. The molecule has 2 amide bonds. The first-order valence-electron chi connectivity index (χ1n) is 8.15. The SMILES string of the molecule is NC(=O)c1ccc(OCCC(=O)NCCC2CCCNC2)cc1. The lowest BCUT2D eigenvalue weighted by molar-refractivity contribution is -0.121. The fraction of sp³-hybridized carbons (Fsp3) is 0.529. The molecule has 1 heterocycles. The first-order chi connectivity index (χ1) is 11.1. The quantitative estimate of drug-likeness (QED) is 0.668. The summed E-state index contributed by atoms with van der Waals surface area (Å²) in [4.78, 5) is 22.7. The lowest BCUT2D eigenvalue weighted by Crippen LogP contribution is -2.33. The van der Waals surface area contributed by atoms with E-state index in [1.54, 1.807) is 24.3 Å². The summed E-state index contributed by atoms with van der Waals surface area (Å²) in [5.74, 6) is 0.826. The van der Waals surface area contributed by atoms with Gasteiger partial charge in [-0.3, -0.25) is 9.59 Å². The lowest BCUT2D eigenvalue weighted by Gasteiger charge is -2.22. The van der Waals surface area contributed by atoms with Gasteiger partial charge in [-0.2, -0.15) is 0 Å². The number of rotatable bonds is 8. The monoisotopic (exact) mass is 319 g/mol. The molecule has 0 bridgehead atoms. The van der Waals surface area contributed by atoms with Gasteiger partial charge in [0, 0.05) is 12.1 Å². The van der Waals surface area contributed by atoms with Crippen LogP contribution in [-0.2, 0) is 4.79 Å². The topological polar surface area (TPSA) is 93.5 Å². The van der Waals surface area contributed by atoms with Crippen molar-refractivity contribution < 1.29 is 14.3 Å². The van der Waals surface area contributed by atoms with Gasteiger partial charge < -0.3 is 21.1 Å². The zero-order valence-electron chi connectivity index (χ0n) is 13.3. The van der Waals surface area contributed by atoms with Gasteiger partial charge in [-0.25, -0.2) is 0 Å². The van der Waals surface area contributed by atoms with Crippen LogP contribution in [0.3, 0.4) is 0 Å². The van der Waals surface area contributed by atoms with E-state index in [2.05, 4.69) is 10.6 Å². The standard InChI is InChI=1S/C17H25N3O3/c18-17(22)14-3-5-15(6-4-14)23-11-8-16(21)20-10-7-13-2-1-9-19-12-13/h3-6,13,19H,1-2,7-12H2,(H2,18,22)(H,20,21). The Morgan fingerprint density at radius 3 is 2.74 bits per heavy atom. The maximum atomic E-state index is 11.8. The fourth-order valence-electron chi connectivity index (χ4n) is 2.65. The minimum atomic E-state index is -0.468. The van der Waals surface area contributed by atoms with E-state index in [9.17, 15) is 9.59 Å². The van der Waals surface area contributed by atoms with Crippen LogP contribution in [0.4, 0.5) is 0 Å². The van der Waals surface area contributed by atoms with Crippen molar-refractivity contribution in [3.05, 3.63) is 29.8 Å². The van der Waals surface area contributed by atoms with Gasteiger partial charge in [-0.15, -0.1) is 0 Å². The van der Waals surface area contributed by atoms with Gasteiger partial charge in [0.25, 0.3) is 0 Å². The molecule has 1 aliphatic heterocycles. The molecule has 1 aromatic carbocycles. The highest BCUT2D eigenvalue weighted by molar-refractivity contribution is 5.92. The van der Waals surface area contributed by atoms with Gasteiger partial charge in [0.2, 0.25) is 11.8 Å². The largest absolute Gasteiger partial charge is 0.493 e. The summed E-state index contributed by atoms with van der Waals surface area (Å²) in [6.07, 6.45) is 3.81. The molecule has 0 aromatic heterocycles. The average molecular weight is 319 g/mol. The highest BCUT2D eigenvalue weighted by Crippen LogP contribution is 2.13. The summed E-state index contributed by atoms with van der Waals surface area (Å²) in [5, 5.41) is 6.31. The number of nitrogens with one attached hydrogen (secondary N) is 2. The highest BCUT2D eigenvalue weighted by Gasteiger charge is 2.12.